The summed E-state index contributed by atoms with van der Waals surface area (Å²) in [6.07, 6.45) is 0.834. The van der Waals surface area contributed by atoms with Gasteiger partial charge < -0.3 is 5.32 Å². The molecule has 1 atom stereocenters. The minimum absolute atomic E-state index is 0.00223. The van der Waals surface area contributed by atoms with Gasteiger partial charge in [-0.3, -0.25) is 4.79 Å². The fraction of sp³-hybridized carbons (Fsp3) is 0.364. The van der Waals surface area contributed by atoms with Gasteiger partial charge in [0, 0.05) is 11.6 Å². The molecule has 1 aromatic rings. The highest BCUT2D eigenvalue weighted by atomic mass is 32.2. The number of carbonyl (C=O) groups is 1. The Labute approximate surface area is 101 Å². The number of hydrogen-bond acceptors (Lipinski definition) is 3. The summed E-state index contributed by atoms with van der Waals surface area (Å²) in [5.41, 5.74) is 0.415. The second kappa shape index (κ2) is 5.29. The van der Waals surface area contributed by atoms with Crippen molar-refractivity contribution in [2.75, 3.05) is 0 Å². The van der Waals surface area contributed by atoms with Gasteiger partial charge >= 0.3 is 0 Å². The van der Waals surface area contributed by atoms with Gasteiger partial charge in [-0.05, 0) is 37.6 Å². The first kappa shape index (κ1) is 13.7. The molecule has 3 N–H and O–H groups in total. The molecule has 0 saturated heterocycles. The number of nitrogens with one attached hydrogen (secondary N) is 1. The zero-order valence-electron chi connectivity index (χ0n) is 9.80. The molecule has 17 heavy (non-hydrogen) atoms. The number of carbonyl (C=O) groups excluding carboxylic acids is 1. The Balaban J connectivity index is 2.85. The van der Waals surface area contributed by atoms with Crippen molar-refractivity contribution in [3.05, 3.63) is 29.8 Å². The number of benzene rings is 1. The van der Waals surface area contributed by atoms with E-state index in [0.717, 1.165) is 6.42 Å². The maximum Gasteiger partial charge on any atom is 0.251 e. The first-order valence-electron chi connectivity index (χ1n) is 5.28. The van der Waals surface area contributed by atoms with Crippen molar-refractivity contribution in [3.8, 4) is 0 Å². The summed E-state index contributed by atoms with van der Waals surface area (Å²) in [6, 6.07) is 5.61. The molecule has 0 spiro atoms. The fourth-order valence-electron chi connectivity index (χ4n) is 1.21. The van der Waals surface area contributed by atoms with E-state index in [1.165, 1.54) is 24.3 Å². The van der Waals surface area contributed by atoms with Crippen LogP contribution in [0.25, 0.3) is 0 Å². The Kier molecular flexibility index (Phi) is 4.25. The lowest BCUT2D eigenvalue weighted by Crippen LogP contribution is -2.31. The van der Waals surface area contributed by atoms with Gasteiger partial charge in [0.2, 0.25) is 10.0 Å². The van der Waals surface area contributed by atoms with Crippen molar-refractivity contribution in [3.63, 3.8) is 0 Å². The molecule has 0 fully saturated rings. The van der Waals surface area contributed by atoms with E-state index in [4.69, 9.17) is 5.14 Å². The molecule has 94 valence electrons. The maximum atomic E-state index is 11.7. The molecule has 0 aromatic heterocycles. The number of rotatable bonds is 4. The standard InChI is InChI=1S/C11H16N2O3S/c1-3-8(2)13-11(14)9-4-6-10(7-5-9)17(12,15)16/h4-8H,3H2,1-2H3,(H,13,14)(H2,12,15,16). The van der Waals surface area contributed by atoms with Crippen molar-refractivity contribution >= 4 is 15.9 Å². The van der Waals surface area contributed by atoms with Crippen LogP contribution in [0.3, 0.4) is 0 Å². The third kappa shape index (κ3) is 3.83. The van der Waals surface area contributed by atoms with Crippen molar-refractivity contribution in [2.24, 2.45) is 5.14 Å². The van der Waals surface area contributed by atoms with Crippen LogP contribution >= 0.6 is 0 Å². The summed E-state index contributed by atoms with van der Waals surface area (Å²) in [5, 5.41) is 7.74. The highest BCUT2D eigenvalue weighted by Crippen LogP contribution is 2.09. The molecule has 0 bridgehead atoms. The highest BCUT2D eigenvalue weighted by Gasteiger charge is 2.11. The van der Waals surface area contributed by atoms with Gasteiger partial charge in [-0.15, -0.1) is 0 Å². The number of primary sulfonamides is 1. The summed E-state index contributed by atoms with van der Waals surface area (Å²) < 4.78 is 22.0. The molecule has 0 heterocycles. The third-order valence-electron chi connectivity index (χ3n) is 2.43. The lowest BCUT2D eigenvalue weighted by molar-refractivity contribution is 0.0939. The van der Waals surface area contributed by atoms with Gasteiger partial charge in [0.25, 0.3) is 5.91 Å². The molecular formula is C11H16N2O3S. The van der Waals surface area contributed by atoms with Gasteiger partial charge in [0.05, 0.1) is 4.90 Å². The van der Waals surface area contributed by atoms with Gasteiger partial charge in [-0.1, -0.05) is 6.92 Å². The van der Waals surface area contributed by atoms with Crippen molar-refractivity contribution in [1.29, 1.82) is 0 Å². The Bertz CT molecular complexity index is 494. The molecule has 1 rings (SSSR count). The average molecular weight is 256 g/mol. The molecule has 0 aliphatic heterocycles. The van der Waals surface area contributed by atoms with Gasteiger partial charge in [0.15, 0.2) is 0 Å². The van der Waals surface area contributed by atoms with Crippen molar-refractivity contribution in [1.82, 2.24) is 5.32 Å². The maximum absolute atomic E-state index is 11.7. The zero-order valence-corrected chi connectivity index (χ0v) is 10.6. The largest absolute Gasteiger partial charge is 0.350 e. The van der Waals surface area contributed by atoms with Crippen LogP contribution in [-0.2, 0) is 10.0 Å². The van der Waals surface area contributed by atoms with Gasteiger partial charge in [-0.25, -0.2) is 13.6 Å². The fourth-order valence-corrected chi connectivity index (χ4v) is 1.72. The summed E-state index contributed by atoms with van der Waals surface area (Å²) in [4.78, 5) is 11.7. The lowest BCUT2D eigenvalue weighted by atomic mass is 10.2. The minimum Gasteiger partial charge on any atom is -0.350 e. The van der Waals surface area contributed by atoms with Crippen LogP contribution in [0, 0.1) is 0 Å². The van der Waals surface area contributed by atoms with Crippen molar-refractivity contribution in [2.45, 2.75) is 31.2 Å². The Morgan fingerprint density at radius 3 is 2.29 bits per heavy atom. The second-order valence-electron chi connectivity index (χ2n) is 3.85. The smallest absolute Gasteiger partial charge is 0.251 e. The van der Waals surface area contributed by atoms with E-state index >= 15 is 0 Å². The molecule has 0 saturated carbocycles. The monoisotopic (exact) mass is 256 g/mol. The molecule has 6 heteroatoms. The summed E-state index contributed by atoms with van der Waals surface area (Å²) in [7, 11) is -3.70. The number of nitrogens with two attached hydrogens (primary N) is 1. The highest BCUT2D eigenvalue weighted by molar-refractivity contribution is 7.89. The molecule has 1 unspecified atom stereocenters. The Hall–Kier alpha value is -1.40. The molecule has 5 nitrogen and oxygen atoms in total. The van der Waals surface area contributed by atoms with Gasteiger partial charge in [-0.2, -0.15) is 0 Å². The Morgan fingerprint density at radius 1 is 1.35 bits per heavy atom. The summed E-state index contributed by atoms with van der Waals surface area (Å²) in [5.74, 6) is -0.222. The normalized spacial score (nSPS) is 13.1. The van der Waals surface area contributed by atoms with Crippen LogP contribution < -0.4 is 10.5 Å². The molecule has 1 aromatic carbocycles. The minimum atomic E-state index is -3.70. The van der Waals surface area contributed by atoms with Crippen LogP contribution in [-0.4, -0.2) is 20.4 Å². The predicted octanol–water partition coefficient (Wildman–Crippen LogP) is 0.862. The van der Waals surface area contributed by atoms with Crippen molar-refractivity contribution < 1.29 is 13.2 Å². The van der Waals surface area contributed by atoms with Crippen LogP contribution in [0.15, 0.2) is 29.2 Å². The molecule has 0 aliphatic rings. The topological polar surface area (TPSA) is 89.3 Å². The number of amides is 1. The van der Waals surface area contributed by atoms with E-state index in [2.05, 4.69) is 5.32 Å². The van der Waals surface area contributed by atoms with E-state index in [1.54, 1.807) is 0 Å². The third-order valence-corrected chi connectivity index (χ3v) is 3.36. The van der Waals surface area contributed by atoms with Crippen LogP contribution in [0.2, 0.25) is 0 Å². The SMILES string of the molecule is CCC(C)NC(=O)c1ccc(S(N)(=O)=O)cc1. The van der Waals surface area contributed by atoms with E-state index in [9.17, 15) is 13.2 Å². The van der Waals surface area contributed by atoms with Gasteiger partial charge in [0.1, 0.15) is 0 Å². The van der Waals surface area contributed by atoms with Crippen LogP contribution in [0.5, 0.6) is 0 Å². The second-order valence-corrected chi connectivity index (χ2v) is 5.41. The average Bonchev–Trinajstić information content (AvgIpc) is 2.27. The summed E-state index contributed by atoms with van der Waals surface area (Å²) >= 11 is 0. The summed E-state index contributed by atoms with van der Waals surface area (Å²) in [6.45, 7) is 3.87. The molecule has 0 aliphatic carbocycles. The number of sulfonamides is 1. The van der Waals surface area contributed by atoms with E-state index in [1.807, 2.05) is 13.8 Å². The zero-order chi connectivity index (χ0) is 13.1. The number of hydrogen-bond donors (Lipinski definition) is 2. The molecule has 0 radical (unpaired) electrons. The van der Waals surface area contributed by atoms with E-state index in [-0.39, 0.29) is 16.8 Å². The van der Waals surface area contributed by atoms with Crippen LogP contribution in [0.1, 0.15) is 30.6 Å². The van der Waals surface area contributed by atoms with E-state index < -0.39 is 10.0 Å². The lowest BCUT2D eigenvalue weighted by Gasteiger charge is -2.11. The Morgan fingerprint density at radius 2 is 1.88 bits per heavy atom. The van der Waals surface area contributed by atoms with Crippen LogP contribution in [0.4, 0.5) is 0 Å². The quantitative estimate of drug-likeness (QED) is 0.837. The van der Waals surface area contributed by atoms with E-state index in [0.29, 0.717) is 5.56 Å². The molecular weight excluding hydrogens is 240 g/mol. The first-order chi connectivity index (χ1) is 7.84. The predicted molar refractivity (Wildman–Crippen MR) is 65.0 cm³/mol. The molecule has 1 amide bonds. The first-order valence-corrected chi connectivity index (χ1v) is 6.83.